The quantitative estimate of drug-likeness (QED) is 0.602. The molecule has 8 nitrogen and oxygen atoms in total. The van der Waals surface area contributed by atoms with Crippen LogP contribution in [0.4, 0.5) is 0 Å². The Morgan fingerprint density at radius 1 is 1.35 bits per heavy atom. The highest BCUT2D eigenvalue weighted by molar-refractivity contribution is 6.01. The van der Waals surface area contributed by atoms with Crippen molar-refractivity contribution in [2.45, 2.75) is 13.0 Å². The zero-order valence-electron chi connectivity index (χ0n) is 14.6. The molecule has 0 unspecified atom stereocenters. The fraction of sp³-hybridized carbons (Fsp3) is 0.389. The van der Waals surface area contributed by atoms with Crippen LogP contribution in [0.2, 0.25) is 0 Å². The minimum absolute atomic E-state index is 0.00141. The van der Waals surface area contributed by atoms with Crippen LogP contribution in [0.1, 0.15) is 12.5 Å². The van der Waals surface area contributed by atoms with Gasteiger partial charge in [0.2, 0.25) is 0 Å². The maximum absolute atomic E-state index is 12.4. The normalized spacial score (nSPS) is 15.7. The molecule has 8 heteroatoms. The summed E-state index contributed by atoms with van der Waals surface area (Å²) >= 11 is 0. The number of rotatable bonds is 6. The van der Waals surface area contributed by atoms with Gasteiger partial charge in [-0.05, 0) is 30.7 Å². The number of carboxylic acids is 1. The number of carbonyl (C=O) groups is 2. The first-order valence-corrected chi connectivity index (χ1v) is 8.02. The van der Waals surface area contributed by atoms with Crippen molar-refractivity contribution in [2.75, 3.05) is 33.4 Å². The van der Waals surface area contributed by atoms with Crippen molar-refractivity contribution < 1.29 is 28.9 Å². The molecule has 1 aromatic carbocycles. The lowest BCUT2D eigenvalue weighted by Gasteiger charge is -2.26. The average molecular weight is 360 g/mol. The number of aliphatic carboxylic acids is 1. The van der Waals surface area contributed by atoms with Crippen molar-refractivity contribution in [2.24, 2.45) is 0 Å². The number of carboxylic acid groups (broad SMARTS) is 1. The van der Waals surface area contributed by atoms with E-state index in [1.165, 1.54) is 26.2 Å². The molecule has 1 aliphatic rings. The van der Waals surface area contributed by atoms with E-state index in [-0.39, 0.29) is 17.2 Å². The Morgan fingerprint density at radius 2 is 2.04 bits per heavy atom. The molecule has 1 N–H and O–H groups in total. The van der Waals surface area contributed by atoms with Crippen LogP contribution in [-0.4, -0.2) is 61.4 Å². The summed E-state index contributed by atoms with van der Waals surface area (Å²) in [4.78, 5) is 24.9. The van der Waals surface area contributed by atoms with E-state index < -0.39 is 12.1 Å². The van der Waals surface area contributed by atoms with Gasteiger partial charge in [0.1, 0.15) is 11.6 Å². The molecule has 1 amide bonds. The van der Waals surface area contributed by atoms with E-state index in [1.807, 2.05) is 6.07 Å². The third-order valence-electron chi connectivity index (χ3n) is 3.80. The summed E-state index contributed by atoms with van der Waals surface area (Å²) in [5.74, 6) is -0.881. The standard InChI is InChI=1S/C18H20N2O6/c1-12(18(22)23)26-15-4-3-13(10-16(15)24-2)9-14(11-19)17(21)20-5-7-25-8-6-20/h3-4,9-10,12H,5-8H2,1-2H3,(H,22,23)/b14-9-/t12-/m0/s1. The van der Waals surface area contributed by atoms with Crippen molar-refractivity contribution in [1.82, 2.24) is 4.90 Å². The number of benzene rings is 1. The predicted octanol–water partition coefficient (Wildman–Crippen LogP) is 1.31. The van der Waals surface area contributed by atoms with Gasteiger partial charge in [0.05, 0.1) is 20.3 Å². The topological polar surface area (TPSA) is 109 Å². The number of nitrogens with zero attached hydrogens (tertiary/aromatic N) is 2. The molecule has 1 saturated heterocycles. The van der Waals surface area contributed by atoms with E-state index in [1.54, 1.807) is 17.0 Å². The Morgan fingerprint density at radius 3 is 2.62 bits per heavy atom. The summed E-state index contributed by atoms with van der Waals surface area (Å²) in [6.07, 6.45) is 0.424. The number of amides is 1. The molecule has 1 heterocycles. The first-order valence-electron chi connectivity index (χ1n) is 8.02. The Bertz CT molecular complexity index is 747. The summed E-state index contributed by atoms with van der Waals surface area (Å²) in [6.45, 7) is 3.20. The van der Waals surface area contributed by atoms with Crippen LogP contribution in [0.3, 0.4) is 0 Å². The highest BCUT2D eigenvalue weighted by atomic mass is 16.5. The molecule has 0 saturated carbocycles. The van der Waals surface area contributed by atoms with E-state index >= 15 is 0 Å². The number of methoxy groups -OCH3 is 1. The molecule has 0 aliphatic carbocycles. The van der Waals surface area contributed by atoms with E-state index in [2.05, 4.69) is 0 Å². The number of hydrogen-bond acceptors (Lipinski definition) is 6. The van der Waals surface area contributed by atoms with E-state index in [0.29, 0.717) is 37.6 Å². The Labute approximate surface area is 151 Å². The third-order valence-corrected chi connectivity index (χ3v) is 3.80. The second-order valence-corrected chi connectivity index (χ2v) is 5.58. The van der Waals surface area contributed by atoms with Crippen molar-refractivity contribution in [3.05, 3.63) is 29.3 Å². The fourth-order valence-corrected chi connectivity index (χ4v) is 2.36. The van der Waals surface area contributed by atoms with Gasteiger partial charge in [-0.15, -0.1) is 0 Å². The number of nitriles is 1. The monoisotopic (exact) mass is 360 g/mol. The molecule has 2 rings (SSSR count). The van der Waals surface area contributed by atoms with E-state index in [9.17, 15) is 14.9 Å². The third kappa shape index (κ3) is 4.74. The Hall–Kier alpha value is -3.05. The maximum Gasteiger partial charge on any atom is 0.344 e. The molecule has 138 valence electrons. The largest absolute Gasteiger partial charge is 0.493 e. The van der Waals surface area contributed by atoms with E-state index in [4.69, 9.17) is 19.3 Å². The molecule has 1 fully saturated rings. The van der Waals surface area contributed by atoms with Gasteiger partial charge in [-0.1, -0.05) is 6.07 Å². The zero-order chi connectivity index (χ0) is 19.1. The van der Waals surface area contributed by atoms with Gasteiger partial charge >= 0.3 is 5.97 Å². The fourth-order valence-electron chi connectivity index (χ4n) is 2.36. The lowest BCUT2D eigenvalue weighted by atomic mass is 10.1. The van der Waals surface area contributed by atoms with Gasteiger partial charge in [-0.25, -0.2) is 4.79 Å². The average Bonchev–Trinajstić information content (AvgIpc) is 2.67. The van der Waals surface area contributed by atoms with Crippen molar-refractivity contribution in [3.63, 3.8) is 0 Å². The number of morpholine rings is 1. The summed E-state index contributed by atoms with van der Waals surface area (Å²) in [7, 11) is 1.42. The number of ether oxygens (including phenoxy) is 3. The molecule has 1 atom stereocenters. The highest BCUT2D eigenvalue weighted by Crippen LogP contribution is 2.30. The molecule has 0 spiro atoms. The van der Waals surface area contributed by atoms with Gasteiger partial charge in [-0.3, -0.25) is 4.79 Å². The maximum atomic E-state index is 12.4. The molecule has 26 heavy (non-hydrogen) atoms. The molecule has 0 aromatic heterocycles. The van der Waals surface area contributed by atoms with Crippen LogP contribution < -0.4 is 9.47 Å². The molecular formula is C18H20N2O6. The second-order valence-electron chi connectivity index (χ2n) is 5.58. The van der Waals surface area contributed by atoms with Crippen LogP contribution >= 0.6 is 0 Å². The smallest absolute Gasteiger partial charge is 0.344 e. The SMILES string of the molecule is COc1cc(/C=C(/C#N)C(=O)N2CCOCC2)ccc1O[C@@H](C)C(=O)O. The summed E-state index contributed by atoms with van der Waals surface area (Å²) in [5.41, 5.74) is 0.567. The zero-order valence-corrected chi connectivity index (χ0v) is 14.6. The van der Waals surface area contributed by atoms with Crippen LogP contribution in [0.25, 0.3) is 6.08 Å². The minimum Gasteiger partial charge on any atom is -0.493 e. The van der Waals surface area contributed by atoms with Gasteiger partial charge in [0, 0.05) is 13.1 Å². The van der Waals surface area contributed by atoms with Crippen molar-refractivity contribution in [3.8, 4) is 17.6 Å². The lowest BCUT2D eigenvalue weighted by Crippen LogP contribution is -2.41. The number of carbonyl (C=O) groups excluding carboxylic acids is 1. The van der Waals surface area contributed by atoms with Crippen molar-refractivity contribution in [1.29, 1.82) is 5.26 Å². The molecule has 1 aliphatic heterocycles. The van der Waals surface area contributed by atoms with Gasteiger partial charge < -0.3 is 24.2 Å². The predicted molar refractivity (Wildman–Crippen MR) is 91.7 cm³/mol. The molecular weight excluding hydrogens is 340 g/mol. The van der Waals surface area contributed by atoms with Crippen molar-refractivity contribution >= 4 is 18.0 Å². The van der Waals surface area contributed by atoms with Crippen LogP contribution in [0, 0.1) is 11.3 Å². The first kappa shape index (κ1) is 19.3. The minimum atomic E-state index is -1.10. The lowest BCUT2D eigenvalue weighted by molar-refractivity contribution is -0.144. The second kappa shape index (κ2) is 8.87. The van der Waals surface area contributed by atoms with Gasteiger partial charge in [0.25, 0.3) is 5.91 Å². The van der Waals surface area contributed by atoms with Gasteiger partial charge in [0.15, 0.2) is 17.6 Å². The summed E-state index contributed by atoms with van der Waals surface area (Å²) < 4.78 is 15.7. The highest BCUT2D eigenvalue weighted by Gasteiger charge is 2.21. The van der Waals surface area contributed by atoms with Crippen LogP contribution in [0.5, 0.6) is 11.5 Å². The van der Waals surface area contributed by atoms with E-state index in [0.717, 1.165) is 0 Å². The summed E-state index contributed by atoms with van der Waals surface area (Å²) in [6, 6.07) is 6.66. The van der Waals surface area contributed by atoms with Crippen LogP contribution in [-0.2, 0) is 14.3 Å². The number of hydrogen-bond donors (Lipinski definition) is 1. The molecule has 1 aromatic rings. The Balaban J connectivity index is 2.23. The molecule has 0 radical (unpaired) electrons. The summed E-state index contributed by atoms with van der Waals surface area (Å²) in [5, 5.41) is 18.3. The Kier molecular flexibility index (Phi) is 6.58. The van der Waals surface area contributed by atoms with Crippen LogP contribution in [0.15, 0.2) is 23.8 Å². The first-order chi connectivity index (χ1) is 12.5. The molecule has 0 bridgehead atoms. The van der Waals surface area contributed by atoms with Gasteiger partial charge in [-0.2, -0.15) is 5.26 Å².